The molecule has 2 N–H and O–H groups in total. The molecule has 2 heterocycles. The summed E-state index contributed by atoms with van der Waals surface area (Å²) in [7, 11) is 0. The summed E-state index contributed by atoms with van der Waals surface area (Å²) in [4.78, 5) is 30.7. The molecule has 1 aromatic carbocycles. The van der Waals surface area contributed by atoms with E-state index in [-0.39, 0.29) is 17.0 Å². The van der Waals surface area contributed by atoms with Crippen LogP contribution in [0.5, 0.6) is 0 Å². The Balaban J connectivity index is 1.87. The van der Waals surface area contributed by atoms with Crippen LogP contribution >= 0.6 is 11.5 Å². The van der Waals surface area contributed by atoms with E-state index in [1.807, 2.05) is 24.3 Å². The van der Waals surface area contributed by atoms with Gasteiger partial charge in [-0.1, -0.05) is 26.0 Å². The van der Waals surface area contributed by atoms with Gasteiger partial charge in [0, 0.05) is 5.69 Å². The number of carbonyl (C=O) groups excluding carboxylic acids is 1. The summed E-state index contributed by atoms with van der Waals surface area (Å²) >= 11 is 0.968. The third-order valence-corrected chi connectivity index (χ3v) is 4.15. The van der Waals surface area contributed by atoms with Crippen molar-refractivity contribution in [3.63, 3.8) is 0 Å². The molecule has 0 aliphatic carbocycles. The molecule has 1 amide bonds. The second kappa shape index (κ2) is 5.69. The third-order valence-electron chi connectivity index (χ3n) is 3.31. The van der Waals surface area contributed by atoms with E-state index in [4.69, 9.17) is 0 Å². The summed E-state index contributed by atoms with van der Waals surface area (Å²) in [6.45, 7) is 4.22. The predicted octanol–water partition coefficient (Wildman–Crippen LogP) is 2.76. The van der Waals surface area contributed by atoms with Gasteiger partial charge in [0.05, 0.1) is 6.33 Å². The lowest BCUT2D eigenvalue weighted by Crippen LogP contribution is -2.12. The normalized spacial score (nSPS) is 11.0. The third kappa shape index (κ3) is 2.62. The molecule has 0 aliphatic heterocycles. The number of benzene rings is 1. The molecule has 22 heavy (non-hydrogen) atoms. The zero-order valence-electron chi connectivity index (χ0n) is 12.1. The Kier molecular flexibility index (Phi) is 3.72. The minimum Gasteiger partial charge on any atom is -0.321 e. The first kappa shape index (κ1) is 14.4. The molecule has 0 radical (unpaired) electrons. The van der Waals surface area contributed by atoms with E-state index in [0.29, 0.717) is 22.0 Å². The fourth-order valence-corrected chi connectivity index (χ4v) is 2.79. The van der Waals surface area contributed by atoms with Crippen molar-refractivity contribution >= 4 is 34.2 Å². The number of nitrogens with zero attached hydrogens (tertiary/aromatic N) is 2. The number of amides is 1. The van der Waals surface area contributed by atoms with Crippen molar-refractivity contribution in [2.24, 2.45) is 0 Å². The Morgan fingerprint density at radius 3 is 2.64 bits per heavy atom. The maximum absolute atomic E-state index is 12.3. The van der Waals surface area contributed by atoms with Gasteiger partial charge in [-0.05, 0) is 35.1 Å². The Morgan fingerprint density at radius 1 is 1.23 bits per heavy atom. The zero-order chi connectivity index (χ0) is 15.7. The van der Waals surface area contributed by atoms with Crippen LogP contribution in [0.3, 0.4) is 0 Å². The molecule has 7 heteroatoms. The van der Waals surface area contributed by atoms with Gasteiger partial charge in [-0.2, -0.15) is 4.37 Å². The van der Waals surface area contributed by atoms with Gasteiger partial charge in [0.15, 0.2) is 5.52 Å². The highest BCUT2D eigenvalue weighted by molar-refractivity contribution is 7.09. The first-order valence-corrected chi connectivity index (χ1v) is 7.58. The minimum atomic E-state index is -0.346. The molecule has 0 spiro atoms. The highest BCUT2D eigenvalue weighted by atomic mass is 32.1. The molecule has 0 saturated heterocycles. The number of carbonyl (C=O) groups is 1. The number of nitrogens with one attached hydrogen (secondary N) is 2. The molecular weight excluding hydrogens is 300 g/mol. The number of anilines is 1. The number of aromatic amines is 1. The lowest BCUT2D eigenvalue weighted by atomic mass is 10.0. The zero-order valence-corrected chi connectivity index (χ0v) is 12.9. The fraction of sp³-hybridized carbons (Fsp3) is 0.200. The van der Waals surface area contributed by atoms with Gasteiger partial charge in [0.2, 0.25) is 0 Å². The van der Waals surface area contributed by atoms with Crippen molar-refractivity contribution in [2.75, 3.05) is 5.32 Å². The van der Waals surface area contributed by atoms with Gasteiger partial charge in [0.1, 0.15) is 10.4 Å². The van der Waals surface area contributed by atoms with Crippen molar-refractivity contribution in [2.45, 2.75) is 19.8 Å². The van der Waals surface area contributed by atoms with Crippen LogP contribution in [0.1, 0.15) is 35.0 Å². The van der Waals surface area contributed by atoms with E-state index in [1.54, 1.807) is 0 Å². The summed E-state index contributed by atoms with van der Waals surface area (Å²) in [5.74, 6) is 0.119. The number of hydrogen-bond donors (Lipinski definition) is 2. The predicted molar refractivity (Wildman–Crippen MR) is 86.5 cm³/mol. The molecule has 2 aromatic heterocycles. The fourth-order valence-electron chi connectivity index (χ4n) is 2.07. The monoisotopic (exact) mass is 314 g/mol. The summed E-state index contributed by atoms with van der Waals surface area (Å²) in [6.07, 6.45) is 1.27. The molecule has 6 nitrogen and oxygen atoms in total. The molecule has 0 saturated carbocycles. The van der Waals surface area contributed by atoms with E-state index >= 15 is 0 Å². The number of rotatable bonds is 3. The summed E-state index contributed by atoms with van der Waals surface area (Å²) in [5.41, 5.74) is 2.06. The molecule has 0 unspecified atom stereocenters. The van der Waals surface area contributed by atoms with Crippen molar-refractivity contribution < 1.29 is 4.79 Å². The Hall–Kier alpha value is -2.54. The smallest absolute Gasteiger partial charge is 0.278 e. The van der Waals surface area contributed by atoms with Crippen LogP contribution < -0.4 is 10.9 Å². The molecule has 0 fully saturated rings. The molecule has 112 valence electrons. The Morgan fingerprint density at radius 2 is 1.95 bits per heavy atom. The average molecular weight is 314 g/mol. The second-order valence-electron chi connectivity index (χ2n) is 5.17. The van der Waals surface area contributed by atoms with Crippen LogP contribution in [0, 0.1) is 0 Å². The summed E-state index contributed by atoms with van der Waals surface area (Å²) < 4.78 is 3.99. The highest BCUT2D eigenvalue weighted by Crippen LogP contribution is 2.21. The lowest BCUT2D eigenvalue weighted by Gasteiger charge is -2.07. The van der Waals surface area contributed by atoms with Gasteiger partial charge in [-0.25, -0.2) is 4.98 Å². The van der Waals surface area contributed by atoms with E-state index in [0.717, 1.165) is 11.5 Å². The molecular formula is C15H14N4O2S. The van der Waals surface area contributed by atoms with Crippen molar-refractivity contribution in [3.05, 3.63) is 51.4 Å². The lowest BCUT2D eigenvalue weighted by molar-refractivity contribution is 0.103. The van der Waals surface area contributed by atoms with Crippen molar-refractivity contribution in [1.29, 1.82) is 0 Å². The first-order valence-electron chi connectivity index (χ1n) is 6.80. The number of hydrogen-bond acceptors (Lipinski definition) is 5. The van der Waals surface area contributed by atoms with Crippen LogP contribution in [0.4, 0.5) is 5.69 Å². The number of H-pyrrole nitrogens is 1. The van der Waals surface area contributed by atoms with E-state index in [1.165, 1.54) is 11.9 Å². The standard InChI is InChI=1S/C15H14N4O2S/c1-8(2)9-3-5-10(6-4-9)18-15(21)13-11-12(19-22-13)14(20)17-7-16-11/h3-8H,1-2H3,(H,18,21)(H,16,17,20). The van der Waals surface area contributed by atoms with Gasteiger partial charge >= 0.3 is 0 Å². The summed E-state index contributed by atoms with van der Waals surface area (Å²) in [6, 6.07) is 7.68. The molecule has 3 aromatic rings. The quantitative estimate of drug-likeness (QED) is 0.778. The average Bonchev–Trinajstić information content (AvgIpc) is 2.93. The maximum atomic E-state index is 12.3. The summed E-state index contributed by atoms with van der Waals surface area (Å²) in [5, 5.41) is 2.80. The van der Waals surface area contributed by atoms with Crippen LogP contribution in [-0.2, 0) is 0 Å². The second-order valence-corrected chi connectivity index (χ2v) is 5.94. The van der Waals surface area contributed by atoms with Gasteiger partial charge in [-0.3, -0.25) is 9.59 Å². The Bertz CT molecular complexity index is 880. The van der Waals surface area contributed by atoms with Crippen molar-refractivity contribution in [3.8, 4) is 0 Å². The first-order chi connectivity index (χ1) is 10.6. The van der Waals surface area contributed by atoms with Crippen LogP contribution in [0.25, 0.3) is 11.0 Å². The van der Waals surface area contributed by atoms with Gasteiger partial charge in [-0.15, -0.1) is 0 Å². The number of aromatic nitrogens is 3. The van der Waals surface area contributed by atoms with Gasteiger partial charge in [0.25, 0.3) is 11.5 Å². The molecule has 0 bridgehead atoms. The van der Waals surface area contributed by atoms with Crippen LogP contribution in [0.15, 0.2) is 35.4 Å². The highest BCUT2D eigenvalue weighted by Gasteiger charge is 2.17. The van der Waals surface area contributed by atoms with E-state index in [9.17, 15) is 9.59 Å². The SMILES string of the molecule is CC(C)c1ccc(NC(=O)c2snc3c(=O)[nH]cnc23)cc1. The van der Waals surface area contributed by atoms with Crippen LogP contribution in [0.2, 0.25) is 0 Å². The minimum absolute atomic E-state index is 0.188. The topological polar surface area (TPSA) is 87.7 Å². The Labute approximate surface area is 130 Å². The molecule has 3 rings (SSSR count). The molecule has 0 aliphatic rings. The largest absolute Gasteiger partial charge is 0.321 e. The van der Waals surface area contributed by atoms with E-state index < -0.39 is 0 Å². The maximum Gasteiger partial charge on any atom is 0.278 e. The van der Waals surface area contributed by atoms with Gasteiger partial charge < -0.3 is 10.3 Å². The van der Waals surface area contributed by atoms with E-state index in [2.05, 4.69) is 33.5 Å². The van der Waals surface area contributed by atoms with Crippen molar-refractivity contribution in [1.82, 2.24) is 14.3 Å². The number of fused-ring (bicyclic) bond motifs is 1. The van der Waals surface area contributed by atoms with Crippen LogP contribution in [-0.4, -0.2) is 20.2 Å². The molecule has 0 atom stereocenters.